The summed E-state index contributed by atoms with van der Waals surface area (Å²) in [6.07, 6.45) is 2.67. The number of nitrogens with one attached hydrogen (secondary N) is 1. The molecule has 3 rings (SSSR count). The van der Waals surface area contributed by atoms with Gasteiger partial charge in [0.2, 0.25) is 10.0 Å². The van der Waals surface area contributed by atoms with E-state index in [-0.39, 0.29) is 22.1 Å². The summed E-state index contributed by atoms with van der Waals surface area (Å²) < 4.78 is 32.3. The number of benzene rings is 2. The summed E-state index contributed by atoms with van der Waals surface area (Å²) >= 11 is 6.16. The maximum absolute atomic E-state index is 12.9. The SMILES string of the molecule is N#CCOc1ccc(NC(=O)c2cc(S(=O)(=O)N3CCCCC3)ccc2Cl)cc1. The molecule has 0 radical (unpaired) electrons. The van der Waals surface area contributed by atoms with Crippen molar-refractivity contribution in [3.63, 3.8) is 0 Å². The monoisotopic (exact) mass is 433 g/mol. The molecule has 1 heterocycles. The highest BCUT2D eigenvalue weighted by Gasteiger charge is 2.27. The molecule has 7 nitrogen and oxygen atoms in total. The lowest BCUT2D eigenvalue weighted by Gasteiger charge is -2.26. The zero-order valence-corrected chi connectivity index (χ0v) is 17.2. The van der Waals surface area contributed by atoms with Crippen LogP contribution in [0.3, 0.4) is 0 Å². The highest BCUT2D eigenvalue weighted by molar-refractivity contribution is 7.89. The highest BCUT2D eigenvalue weighted by atomic mass is 35.5. The highest BCUT2D eigenvalue weighted by Crippen LogP contribution is 2.26. The summed E-state index contributed by atoms with van der Waals surface area (Å²) in [6.45, 7) is 0.888. The number of amides is 1. The lowest BCUT2D eigenvalue weighted by Crippen LogP contribution is -2.35. The first-order valence-corrected chi connectivity index (χ1v) is 10.9. The van der Waals surface area contributed by atoms with E-state index in [1.54, 1.807) is 24.3 Å². The number of ether oxygens (including phenoxy) is 1. The lowest BCUT2D eigenvalue weighted by molar-refractivity contribution is 0.102. The Bertz CT molecular complexity index is 1030. The summed E-state index contributed by atoms with van der Waals surface area (Å²) in [6, 6.07) is 12.5. The summed E-state index contributed by atoms with van der Waals surface area (Å²) in [4.78, 5) is 12.7. The van der Waals surface area contributed by atoms with Crippen molar-refractivity contribution in [2.24, 2.45) is 0 Å². The number of carbonyl (C=O) groups excluding carboxylic acids is 1. The Morgan fingerprint density at radius 1 is 1.14 bits per heavy atom. The molecule has 1 amide bonds. The molecule has 0 saturated carbocycles. The second kappa shape index (κ2) is 9.27. The smallest absolute Gasteiger partial charge is 0.257 e. The van der Waals surface area contributed by atoms with Crippen molar-refractivity contribution in [2.45, 2.75) is 24.2 Å². The molecule has 1 aliphatic heterocycles. The second-order valence-electron chi connectivity index (χ2n) is 6.53. The summed E-state index contributed by atoms with van der Waals surface area (Å²) in [5, 5.41) is 11.4. The van der Waals surface area contributed by atoms with Crippen molar-refractivity contribution in [2.75, 3.05) is 25.0 Å². The average molecular weight is 434 g/mol. The number of carbonyl (C=O) groups is 1. The van der Waals surface area contributed by atoms with Gasteiger partial charge >= 0.3 is 0 Å². The molecule has 152 valence electrons. The molecule has 29 heavy (non-hydrogen) atoms. The van der Waals surface area contributed by atoms with E-state index in [1.165, 1.54) is 22.5 Å². The maximum Gasteiger partial charge on any atom is 0.257 e. The van der Waals surface area contributed by atoms with Gasteiger partial charge in [0.05, 0.1) is 15.5 Å². The van der Waals surface area contributed by atoms with E-state index < -0.39 is 15.9 Å². The second-order valence-corrected chi connectivity index (χ2v) is 8.88. The predicted molar refractivity (Wildman–Crippen MR) is 110 cm³/mol. The number of piperidine rings is 1. The van der Waals surface area contributed by atoms with Crippen LogP contribution in [-0.4, -0.2) is 38.3 Å². The van der Waals surface area contributed by atoms with Crippen LogP contribution in [0.25, 0.3) is 0 Å². The van der Waals surface area contributed by atoms with Crippen molar-refractivity contribution >= 4 is 33.2 Å². The minimum atomic E-state index is -3.67. The maximum atomic E-state index is 12.9. The van der Waals surface area contributed by atoms with Crippen molar-refractivity contribution in [1.29, 1.82) is 5.26 Å². The van der Waals surface area contributed by atoms with E-state index in [0.717, 1.165) is 19.3 Å². The summed E-state index contributed by atoms with van der Waals surface area (Å²) in [7, 11) is -3.67. The zero-order valence-electron chi connectivity index (χ0n) is 15.6. The molecule has 9 heteroatoms. The summed E-state index contributed by atoms with van der Waals surface area (Å²) in [5.74, 6) is -0.0198. The first kappa shape index (κ1) is 21.1. The van der Waals surface area contributed by atoms with Crippen molar-refractivity contribution < 1.29 is 17.9 Å². The van der Waals surface area contributed by atoms with Crippen LogP contribution in [0.15, 0.2) is 47.4 Å². The van der Waals surface area contributed by atoms with Gasteiger partial charge in [0.15, 0.2) is 6.61 Å². The van der Waals surface area contributed by atoms with Crippen molar-refractivity contribution in [1.82, 2.24) is 4.31 Å². The van der Waals surface area contributed by atoms with Crippen LogP contribution in [0.5, 0.6) is 5.75 Å². The van der Waals surface area contributed by atoms with Gasteiger partial charge in [-0.25, -0.2) is 8.42 Å². The van der Waals surface area contributed by atoms with Gasteiger partial charge in [-0.05, 0) is 55.3 Å². The topological polar surface area (TPSA) is 99.5 Å². The van der Waals surface area contributed by atoms with E-state index in [1.807, 2.05) is 6.07 Å². The van der Waals surface area contributed by atoms with Gasteiger partial charge in [-0.1, -0.05) is 18.0 Å². The van der Waals surface area contributed by atoms with Crippen LogP contribution >= 0.6 is 11.6 Å². The average Bonchev–Trinajstić information content (AvgIpc) is 2.74. The molecule has 0 aromatic heterocycles. The van der Waals surface area contributed by atoms with Crippen molar-refractivity contribution in [3.8, 4) is 11.8 Å². The molecule has 2 aromatic rings. The fraction of sp³-hybridized carbons (Fsp3) is 0.300. The van der Waals surface area contributed by atoms with Crippen LogP contribution in [-0.2, 0) is 10.0 Å². The Labute approximate surface area is 174 Å². The Morgan fingerprint density at radius 3 is 2.48 bits per heavy atom. The van der Waals surface area contributed by atoms with Gasteiger partial charge in [0, 0.05) is 18.8 Å². The number of hydrogen-bond donors (Lipinski definition) is 1. The first-order chi connectivity index (χ1) is 13.9. The van der Waals surface area contributed by atoms with Crippen LogP contribution in [0.4, 0.5) is 5.69 Å². The number of anilines is 1. The van der Waals surface area contributed by atoms with Gasteiger partial charge in [-0.3, -0.25) is 4.79 Å². The van der Waals surface area contributed by atoms with Crippen LogP contribution in [0.2, 0.25) is 5.02 Å². The van der Waals surface area contributed by atoms with Gasteiger partial charge in [0.1, 0.15) is 11.8 Å². The Balaban J connectivity index is 1.78. The quantitative estimate of drug-likeness (QED) is 0.749. The van der Waals surface area contributed by atoms with Gasteiger partial charge in [-0.15, -0.1) is 0 Å². The number of rotatable bonds is 6. The van der Waals surface area contributed by atoms with E-state index in [0.29, 0.717) is 24.5 Å². The molecule has 1 saturated heterocycles. The number of nitrogens with zero attached hydrogens (tertiary/aromatic N) is 2. The van der Waals surface area contributed by atoms with Crippen LogP contribution < -0.4 is 10.1 Å². The number of sulfonamides is 1. The minimum Gasteiger partial charge on any atom is -0.479 e. The molecule has 0 spiro atoms. The minimum absolute atomic E-state index is 0.0502. The fourth-order valence-corrected chi connectivity index (χ4v) is 4.79. The van der Waals surface area contributed by atoms with Crippen LogP contribution in [0.1, 0.15) is 29.6 Å². The van der Waals surface area contributed by atoms with E-state index in [9.17, 15) is 13.2 Å². The fourth-order valence-electron chi connectivity index (χ4n) is 3.04. The normalized spacial score (nSPS) is 14.8. The van der Waals surface area contributed by atoms with E-state index in [2.05, 4.69) is 5.32 Å². The van der Waals surface area contributed by atoms with E-state index in [4.69, 9.17) is 21.6 Å². The molecule has 0 bridgehead atoms. The molecule has 1 fully saturated rings. The lowest BCUT2D eigenvalue weighted by atomic mass is 10.2. The van der Waals surface area contributed by atoms with Gasteiger partial charge < -0.3 is 10.1 Å². The molecular weight excluding hydrogens is 414 g/mol. The van der Waals surface area contributed by atoms with Gasteiger partial charge in [0.25, 0.3) is 5.91 Å². The molecule has 0 unspecified atom stereocenters. The van der Waals surface area contributed by atoms with Gasteiger partial charge in [-0.2, -0.15) is 9.57 Å². The number of halogens is 1. The van der Waals surface area contributed by atoms with Crippen molar-refractivity contribution in [3.05, 3.63) is 53.1 Å². The van der Waals surface area contributed by atoms with E-state index >= 15 is 0 Å². The Hall–Kier alpha value is -2.60. The largest absolute Gasteiger partial charge is 0.479 e. The Morgan fingerprint density at radius 2 is 1.83 bits per heavy atom. The third kappa shape index (κ3) is 5.07. The number of hydrogen-bond acceptors (Lipinski definition) is 5. The third-order valence-corrected chi connectivity index (χ3v) is 6.78. The molecule has 1 aliphatic rings. The molecule has 2 aromatic carbocycles. The third-order valence-electron chi connectivity index (χ3n) is 4.55. The molecule has 0 atom stereocenters. The zero-order chi connectivity index (χ0) is 20.9. The molecule has 0 aliphatic carbocycles. The molecule has 1 N–H and O–H groups in total. The standard InChI is InChI=1S/C20H20ClN3O4S/c21-19-9-8-17(29(26,27)24-11-2-1-3-12-24)14-18(19)20(25)23-15-4-6-16(7-5-15)28-13-10-22/h4-9,14H,1-3,11-13H2,(H,23,25). The van der Waals surface area contributed by atoms with Crippen LogP contribution in [0, 0.1) is 11.3 Å². The number of nitriles is 1. The Kier molecular flexibility index (Phi) is 6.75. The summed E-state index contributed by atoms with van der Waals surface area (Å²) in [5.41, 5.74) is 0.564. The first-order valence-electron chi connectivity index (χ1n) is 9.12. The molecular formula is C20H20ClN3O4S. The predicted octanol–water partition coefficient (Wildman–Crippen LogP) is 3.67.